The molecule has 3 heterocycles. The first-order chi connectivity index (χ1) is 16.3. The summed E-state index contributed by atoms with van der Waals surface area (Å²) >= 11 is 0. The zero-order valence-corrected chi connectivity index (χ0v) is 17.8. The molecule has 174 valence electrons. The molecule has 11 heteroatoms. The molecule has 4 aromatic rings. The van der Waals surface area contributed by atoms with Crippen molar-refractivity contribution in [1.82, 2.24) is 19.9 Å². The van der Waals surface area contributed by atoms with E-state index >= 15 is 0 Å². The number of amides is 1. The lowest BCUT2D eigenvalue weighted by Crippen LogP contribution is -2.21. The number of nitrogens with zero attached hydrogens (tertiary/aromatic N) is 3. The highest BCUT2D eigenvalue weighted by molar-refractivity contribution is 5.99. The van der Waals surface area contributed by atoms with Gasteiger partial charge in [-0.05, 0) is 36.4 Å². The van der Waals surface area contributed by atoms with Crippen LogP contribution in [-0.2, 0) is 19.3 Å². The third-order valence-corrected chi connectivity index (χ3v) is 5.46. The largest absolute Gasteiger partial charge is 0.496 e. The fourth-order valence-corrected chi connectivity index (χ4v) is 3.90. The van der Waals surface area contributed by atoms with E-state index in [1.807, 2.05) is 0 Å². The van der Waals surface area contributed by atoms with Gasteiger partial charge in [-0.3, -0.25) is 4.57 Å². The first-order valence-corrected chi connectivity index (χ1v) is 10.2. The van der Waals surface area contributed by atoms with E-state index in [9.17, 15) is 18.0 Å². The third-order valence-electron chi connectivity index (χ3n) is 5.46. The van der Waals surface area contributed by atoms with Crippen molar-refractivity contribution in [1.29, 1.82) is 0 Å². The second-order valence-corrected chi connectivity index (χ2v) is 7.53. The molecule has 34 heavy (non-hydrogen) atoms. The number of carbonyl (C=O) groups excluding carboxylic acids is 1. The van der Waals surface area contributed by atoms with Crippen LogP contribution in [0.5, 0.6) is 17.4 Å². The summed E-state index contributed by atoms with van der Waals surface area (Å²) in [7, 11) is 1.14. The number of hydrogen-bond donors (Lipinski definition) is 2. The van der Waals surface area contributed by atoms with Crippen molar-refractivity contribution >= 4 is 22.6 Å². The van der Waals surface area contributed by atoms with Crippen LogP contribution in [0.2, 0.25) is 0 Å². The van der Waals surface area contributed by atoms with Crippen molar-refractivity contribution in [3.05, 3.63) is 71.8 Å². The summed E-state index contributed by atoms with van der Waals surface area (Å²) in [6.07, 6.45) is -1.80. The minimum absolute atomic E-state index is 0.379. The zero-order chi connectivity index (χ0) is 23.9. The van der Waals surface area contributed by atoms with Crippen LogP contribution in [-0.4, -0.2) is 27.7 Å². The molecule has 2 aromatic carbocycles. The highest BCUT2D eigenvalue weighted by Gasteiger charge is 2.37. The smallest absolute Gasteiger partial charge is 0.421 e. The molecule has 0 aliphatic carbocycles. The van der Waals surface area contributed by atoms with Gasteiger partial charge in [0.2, 0.25) is 5.88 Å². The second kappa shape index (κ2) is 8.34. The fourth-order valence-electron chi connectivity index (χ4n) is 3.90. The van der Waals surface area contributed by atoms with E-state index in [-0.39, 0.29) is 5.75 Å². The lowest BCUT2D eigenvalue weighted by molar-refractivity contribution is -0.138. The Hall–Kier alpha value is -4.12. The van der Waals surface area contributed by atoms with Crippen LogP contribution in [0.4, 0.5) is 23.7 Å². The molecule has 5 rings (SSSR count). The molecule has 2 N–H and O–H groups in total. The number of methoxy groups -OCH3 is 1. The Morgan fingerprint density at radius 2 is 2.00 bits per heavy atom. The average molecular weight is 469 g/mol. The maximum absolute atomic E-state index is 13.6. The number of aromatic nitrogens is 3. The van der Waals surface area contributed by atoms with Crippen LogP contribution in [0.25, 0.3) is 10.9 Å². The predicted molar refractivity (Wildman–Crippen MR) is 117 cm³/mol. The molecule has 0 radical (unpaired) electrons. The Kier molecular flexibility index (Phi) is 5.33. The number of ether oxygens (including phenoxy) is 2. The molecule has 1 aliphatic heterocycles. The minimum Gasteiger partial charge on any atom is -0.496 e. The molecule has 1 amide bonds. The first-order valence-electron chi connectivity index (χ1n) is 10.2. The van der Waals surface area contributed by atoms with Crippen molar-refractivity contribution in [2.45, 2.75) is 19.3 Å². The van der Waals surface area contributed by atoms with Crippen molar-refractivity contribution in [3.8, 4) is 17.4 Å². The van der Waals surface area contributed by atoms with E-state index in [1.54, 1.807) is 24.3 Å². The molecule has 0 fully saturated rings. The molecule has 0 saturated heterocycles. The Morgan fingerprint density at radius 1 is 1.15 bits per heavy atom. The Bertz CT molecular complexity index is 1400. The number of hydrogen-bond acceptors (Lipinski definition) is 6. The van der Waals surface area contributed by atoms with Crippen molar-refractivity contribution in [2.24, 2.45) is 0 Å². The SMILES string of the molecule is COc1cccc(NC(=O)n2ccc3cc(Oc4ncnc5c4CNC5)ccc32)c1C(F)(F)F. The average Bonchev–Trinajstić information content (AvgIpc) is 3.45. The maximum atomic E-state index is 13.6. The summed E-state index contributed by atoms with van der Waals surface area (Å²) in [5, 5.41) is 6.19. The quantitative estimate of drug-likeness (QED) is 0.440. The molecule has 0 unspecified atom stereocenters. The number of anilines is 1. The van der Waals surface area contributed by atoms with Crippen molar-refractivity contribution in [3.63, 3.8) is 0 Å². The van der Waals surface area contributed by atoms with E-state index in [0.29, 0.717) is 35.6 Å². The van der Waals surface area contributed by atoms with Gasteiger partial charge in [-0.25, -0.2) is 14.8 Å². The number of nitrogens with one attached hydrogen (secondary N) is 2. The summed E-state index contributed by atoms with van der Waals surface area (Å²) in [6.45, 7) is 1.25. The molecule has 0 spiro atoms. The second-order valence-electron chi connectivity index (χ2n) is 7.53. The van der Waals surface area contributed by atoms with Crippen LogP contribution in [0, 0.1) is 0 Å². The van der Waals surface area contributed by atoms with E-state index in [2.05, 4.69) is 20.6 Å². The molecular weight excluding hydrogens is 451 g/mol. The molecule has 0 bridgehead atoms. The van der Waals surface area contributed by atoms with Crippen molar-refractivity contribution in [2.75, 3.05) is 12.4 Å². The number of alkyl halides is 3. The highest BCUT2D eigenvalue weighted by Crippen LogP contribution is 2.41. The summed E-state index contributed by atoms with van der Waals surface area (Å²) < 4.78 is 52.7. The summed E-state index contributed by atoms with van der Waals surface area (Å²) in [4.78, 5) is 21.3. The van der Waals surface area contributed by atoms with Gasteiger partial charge in [0, 0.05) is 24.7 Å². The van der Waals surface area contributed by atoms with Crippen LogP contribution >= 0.6 is 0 Å². The standard InChI is InChI=1S/C23H18F3N5O3/c1-33-19-4-2-3-16(20(19)23(24,25)26)30-22(32)31-8-7-13-9-14(5-6-18(13)31)34-21-15-10-27-11-17(15)28-12-29-21/h2-9,12,27H,10-11H2,1H3,(H,30,32). The fraction of sp³-hybridized carbons (Fsp3) is 0.174. The number of carbonyl (C=O) groups is 1. The lowest BCUT2D eigenvalue weighted by Gasteiger charge is -2.17. The Balaban J connectivity index is 1.42. The Morgan fingerprint density at radius 3 is 2.79 bits per heavy atom. The van der Waals surface area contributed by atoms with Gasteiger partial charge in [0.15, 0.2) is 0 Å². The lowest BCUT2D eigenvalue weighted by atomic mass is 10.1. The number of benzene rings is 2. The van der Waals surface area contributed by atoms with E-state index in [0.717, 1.165) is 18.4 Å². The number of rotatable bonds is 4. The molecule has 2 aromatic heterocycles. The summed E-state index contributed by atoms with van der Waals surface area (Å²) in [5.74, 6) is 0.575. The van der Waals surface area contributed by atoms with Gasteiger partial charge >= 0.3 is 12.2 Å². The molecule has 8 nitrogen and oxygen atoms in total. The van der Waals surface area contributed by atoms with Gasteiger partial charge in [-0.2, -0.15) is 13.2 Å². The van der Waals surface area contributed by atoms with Gasteiger partial charge in [0.25, 0.3) is 0 Å². The van der Waals surface area contributed by atoms with Gasteiger partial charge < -0.3 is 20.1 Å². The first kappa shape index (κ1) is 21.7. The monoisotopic (exact) mass is 469 g/mol. The van der Waals surface area contributed by atoms with Gasteiger partial charge in [-0.15, -0.1) is 0 Å². The molecule has 1 aliphatic rings. The Labute approximate surface area is 191 Å². The summed E-state index contributed by atoms with van der Waals surface area (Å²) in [5.41, 5.74) is 0.814. The number of halogens is 3. The van der Waals surface area contributed by atoms with Crippen LogP contribution in [0.1, 0.15) is 16.8 Å². The zero-order valence-electron chi connectivity index (χ0n) is 17.8. The van der Waals surface area contributed by atoms with E-state index < -0.39 is 23.5 Å². The number of fused-ring (bicyclic) bond motifs is 2. The van der Waals surface area contributed by atoms with Gasteiger partial charge in [0.1, 0.15) is 23.4 Å². The normalized spacial score (nSPS) is 13.1. The summed E-state index contributed by atoms with van der Waals surface area (Å²) in [6, 6.07) is 9.70. The van der Waals surface area contributed by atoms with Gasteiger partial charge in [0.05, 0.1) is 29.6 Å². The molecule has 0 saturated carbocycles. The topological polar surface area (TPSA) is 90.3 Å². The molecular formula is C23H18F3N5O3. The maximum Gasteiger partial charge on any atom is 0.421 e. The van der Waals surface area contributed by atoms with E-state index in [1.165, 1.54) is 35.3 Å². The van der Waals surface area contributed by atoms with Crippen LogP contribution < -0.4 is 20.1 Å². The third kappa shape index (κ3) is 3.90. The van der Waals surface area contributed by atoms with Crippen LogP contribution in [0.3, 0.4) is 0 Å². The van der Waals surface area contributed by atoms with Gasteiger partial charge in [-0.1, -0.05) is 6.07 Å². The highest BCUT2D eigenvalue weighted by atomic mass is 19.4. The van der Waals surface area contributed by atoms with Crippen LogP contribution in [0.15, 0.2) is 55.0 Å². The minimum atomic E-state index is -4.71. The van der Waals surface area contributed by atoms with E-state index in [4.69, 9.17) is 9.47 Å². The van der Waals surface area contributed by atoms with Crippen molar-refractivity contribution < 1.29 is 27.4 Å². The molecule has 0 atom stereocenters. The predicted octanol–water partition coefficient (Wildman–Crippen LogP) is 4.93.